The highest BCUT2D eigenvalue weighted by atomic mass is 16.4. The first-order valence-corrected chi connectivity index (χ1v) is 6.25. The minimum atomic E-state index is -1.08. The van der Waals surface area contributed by atoms with E-state index in [4.69, 9.17) is 5.11 Å². The van der Waals surface area contributed by atoms with E-state index in [1.54, 1.807) is 38.2 Å². The van der Waals surface area contributed by atoms with Crippen molar-refractivity contribution in [3.05, 3.63) is 29.8 Å². The maximum Gasteiger partial charge on any atom is 0.326 e. The summed E-state index contributed by atoms with van der Waals surface area (Å²) in [6, 6.07) is 5.61. The number of amides is 2. The van der Waals surface area contributed by atoms with Gasteiger partial charge in [0.25, 0.3) is 5.91 Å². The van der Waals surface area contributed by atoms with E-state index in [9.17, 15) is 14.4 Å². The summed E-state index contributed by atoms with van der Waals surface area (Å²) >= 11 is 0. The Bertz CT molecular complexity index is 528. The molecule has 1 atom stereocenters. The third kappa shape index (κ3) is 3.57. The van der Waals surface area contributed by atoms with Crippen LogP contribution in [0.5, 0.6) is 0 Å². The zero-order valence-corrected chi connectivity index (χ0v) is 11.7. The quantitative estimate of drug-likeness (QED) is 0.849. The van der Waals surface area contributed by atoms with Crippen LogP contribution in [-0.4, -0.2) is 36.0 Å². The number of carboxylic acids is 1. The van der Waals surface area contributed by atoms with Gasteiger partial charge < -0.3 is 15.3 Å². The van der Waals surface area contributed by atoms with E-state index in [2.05, 4.69) is 5.32 Å². The molecule has 2 N–H and O–H groups in total. The van der Waals surface area contributed by atoms with Crippen molar-refractivity contribution in [3.8, 4) is 0 Å². The Balaban J connectivity index is 3.04. The second-order valence-electron chi connectivity index (χ2n) is 4.37. The van der Waals surface area contributed by atoms with Crippen LogP contribution in [0, 0.1) is 0 Å². The number of carbonyl (C=O) groups is 3. The molecule has 0 saturated carbocycles. The Kier molecular flexibility index (Phi) is 5.25. The van der Waals surface area contributed by atoms with Crippen molar-refractivity contribution in [2.45, 2.75) is 26.3 Å². The predicted molar refractivity (Wildman–Crippen MR) is 74.7 cm³/mol. The molecule has 108 valence electrons. The van der Waals surface area contributed by atoms with E-state index in [1.807, 2.05) is 0 Å². The largest absolute Gasteiger partial charge is 0.480 e. The number of rotatable bonds is 5. The maximum atomic E-state index is 12.2. The minimum Gasteiger partial charge on any atom is -0.480 e. The van der Waals surface area contributed by atoms with Crippen LogP contribution in [0.4, 0.5) is 5.69 Å². The fraction of sp³-hybridized carbons (Fsp3) is 0.357. The third-order valence-electron chi connectivity index (χ3n) is 2.99. The Morgan fingerprint density at radius 3 is 2.40 bits per heavy atom. The average Bonchev–Trinajstić information content (AvgIpc) is 2.43. The van der Waals surface area contributed by atoms with Crippen LogP contribution in [0.1, 0.15) is 30.6 Å². The number of aliphatic carboxylic acids is 1. The van der Waals surface area contributed by atoms with Gasteiger partial charge in [0.2, 0.25) is 5.91 Å². The minimum absolute atomic E-state index is 0.212. The van der Waals surface area contributed by atoms with Crippen LogP contribution in [0.3, 0.4) is 0 Å². The first-order chi connectivity index (χ1) is 9.38. The van der Waals surface area contributed by atoms with Gasteiger partial charge in [-0.2, -0.15) is 0 Å². The van der Waals surface area contributed by atoms with Crippen LogP contribution < -0.4 is 10.2 Å². The van der Waals surface area contributed by atoms with Crippen LogP contribution in [0.25, 0.3) is 0 Å². The number of nitrogens with one attached hydrogen (secondary N) is 1. The fourth-order valence-electron chi connectivity index (χ4n) is 1.70. The van der Waals surface area contributed by atoms with E-state index in [0.29, 0.717) is 5.69 Å². The molecule has 0 heterocycles. The zero-order chi connectivity index (χ0) is 15.3. The summed E-state index contributed by atoms with van der Waals surface area (Å²) in [5.41, 5.74) is 0.711. The van der Waals surface area contributed by atoms with Crippen molar-refractivity contribution in [1.82, 2.24) is 5.32 Å². The van der Waals surface area contributed by atoms with Gasteiger partial charge in [-0.05, 0) is 18.6 Å². The highest BCUT2D eigenvalue weighted by Gasteiger charge is 2.21. The Morgan fingerprint density at radius 2 is 1.90 bits per heavy atom. The van der Waals surface area contributed by atoms with Gasteiger partial charge in [-0.25, -0.2) is 4.79 Å². The zero-order valence-electron chi connectivity index (χ0n) is 11.7. The van der Waals surface area contributed by atoms with E-state index >= 15 is 0 Å². The molecule has 0 fully saturated rings. The third-order valence-corrected chi connectivity index (χ3v) is 2.99. The number of carbonyl (C=O) groups excluding carboxylic acids is 2. The Hall–Kier alpha value is -2.37. The number of hydrogen-bond donors (Lipinski definition) is 2. The summed E-state index contributed by atoms with van der Waals surface area (Å²) in [5, 5.41) is 11.4. The molecule has 0 saturated heterocycles. The normalized spacial score (nSPS) is 11.6. The second-order valence-corrected chi connectivity index (χ2v) is 4.37. The van der Waals surface area contributed by atoms with Gasteiger partial charge in [0.15, 0.2) is 0 Å². The monoisotopic (exact) mass is 278 g/mol. The number of benzene rings is 1. The predicted octanol–water partition coefficient (Wildman–Crippen LogP) is 1.26. The average molecular weight is 278 g/mol. The van der Waals surface area contributed by atoms with Crippen LogP contribution in [0.15, 0.2) is 24.3 Å². The van der Waals surface area contributed by atoms with E-state index in [0.717, 1.165) is 0 Å². The highest BCUT2D eigenvalue weighted by Crippen LogP contribution is 2.19. The molecule has 0 aliphatic heterocycles. The molecule has 6 nitrogen and oxygen atoms in total. The molecule has 6 heteroatoms. The number of hydrogen-bond acceptors (Lipinski definition) is 3. The van der Waals surface area contributed by atoms with Gasteiger partial charge in [0.05, 0.1) is 11.3 Å². The van der Waals surface area contributed by atoms with Gasteiger partial charge in [-0.1, -0.05) is 19.1 Å². The lowest BCUT2D eigenvalue weighted by atomic mass is 10.1. The summed E-state index contributed by atoms with van der Waals surface area (Å²) in [5.74, 6) is -1.81. The summed E-state index contributed by atoms with van der Waals surface area (Å²) < 4.78 is 0. The maximum absolute atomic E-state index is 12.2. The van der Waals surface area contributed by atoms with Gasteiger partial charge in [0, 0.05) is 14.0 Å². The number of carboxylic acid groups (broad SMARTS) is 1. The number of para-hydroxylation sites is 1. The first-order valence-electron chi connectivity index (χ1n) is 6.25. The molecule has 0 aromatic heterocycles. The molecule has 0 radical (unpaired) electrons. The van der Waals surface area contributed by atoms with E-state index in [-0.39, 0.29) is 17.9 Å². The standard InChI is InChI=1S/C14H18N2O4/c1-4-11(14(19)20)15-13(18)10-7-5-6-8-12(10)16(3)9(2)17/h5-8,11H,4H2,1-3H3,(H,15,18)(H,19,20)/t11-/m0/s1. The van der Waals surface area contributed by atoms with Crippen LogP contribution in [-0.2, 0) is 9.59 Å². The van der Waals surface area contributed by atoms with Gasteiger partial charge >= 0.3 is 5.97 Å². The van der Waals surface area contributed by atoms with Crippen molar-refractivity contribution >= 4 is 23.5 Å². The van der Waals surface area contributed by atoms with Crippen molar-refractivity contribution < 1.29 is 19.5 Å². The van der Waals surface area contributed by atoms with Crippen molar-refractivity contribution in [3.63, 3.8) is 0 Å². The lowest BCUT2D eigenvalue weighted by molar-refractivity contribution is -0.139. The molecule has 0 bridgehead atoms. The van der Waals surface area contributed by atoms with Crippen molar-refractivity contribution in [1.29, 1.82) is 0 Å². The SMILES string of the molecule is CC[C@H](NC(=O)c1ccccc1N(C)C(C)=O)C(=O)O. The molecule has 2 amide bonds. The molecule has 1 aromatic rings. The van der Waals surface area contributed by atoms with Crippen molar-refractivity contribution in [2.75, 3.05) is 11.9 Å². The molecule has 1 aromatic carbocycles. The smallest absolute Gasteiger partial charge is 0.326 e. The molecule has 0 aliphatic carbocycles. The highest BCUT2D eigenvalue weighted by molar-refractivity contribution is 6.05. The summed E-state index contributed by atoms with van der Waals surface area (Å²) in [4.78, 5) is 35.8. The fourth-order valence-corrected chi connectivity index (χ4v) is 1.70. The van der Waals surface area contributed by atoms with Gasteiger partial charge in [-0.3, -0.25) is 9.59 Å². The molecule has 20 heavy (non-hydrogen) atoms. The number of anilines is 1. The van der Waals surface area contributed by atoms with E-state index in [1.165, 1.54) is 11.8 Å². The molecular weight excluding hydrogens is 260 g/mol. The van der Waals surface area contributed by atoms with E-state index < -0.39 is 17.9 Å². The topological polar surface area (TPSA) is 86.7 Å². The first kappa shape index (κ1) is 15.7. The van der Waals surface area contributed by atoms with Gasteiger partial charge in [-0.15, -0.1) is 0 Å². The molecule has 0 aliphatic rings. The second kappa shape index (κ2) is 6.70. The Labute approximate surface area is 117 Å². The van der Waals surface area contributed by atoms with Crippen molar-refractivity contribution in [2.24, 2.45) is 0 Å². The molecule has 0 unspecified atom stereocenters. The molecular formula is C14H18N2O4. The van der Waals surface area contributed by atoms with Gasteiger partial charge in [0.1, 0.15) is 6.04 Å². The summed E-state index contributed by atoms with van der Waals surface area (Å²) in [6.07, 6.45) is 0.284. The van der Waals surface area contributed by atoms with Crippen LogP contribution >= 0.6 is 0 Å². The number of nitrogens with zero attached hydrogens (tertiary/aromatic N) is 1. The Morgan fingerprint density at radius 1 is 1.30 bits per heavy atom. The van der Waals surface area contributed by atoms with Crippen LogP contribution in [0.2, 0.25) is 0 Å². The molecule has 1 rings (SSSR count). The summed E-state index contributed by atoms with van der Waals surface area (Å²) in [6.45, 7) is 3.06. The lowest BCUT2D eigenvalue weighted by Gasteiger charge is -2.20. The molecule has 0 spiro atoms. The lowest BCUT2D eigenvalue weighted by Crippen LogP contribution is -2.41. The summed E-state index contributed by atoms with van der Waals surface area (Å²) in [7, 11) is 1.56.